The monoisotopic (exact) mass is 218 g/mol. The maximum atomic E-state index is 10.7. The average Bonchev–Trinajstić information content (AvgIpc) is 1.50. The van der Waals surface area contributed by atoms with Gasteiger partial charge in [0.15, 0.2) is 0 Å². The summed E-state index contributed by atoms with van der Waals surface area (Å²) in [7, 11) is 0. The topological polar surface area (TPSA) is 40.5 Å². The molecule has 0 saturated carbocycles. The summed E-state index contributed by atoms with van der Waals surface area (Å²) in [4.78, 5) is 0. The van der Waals surface area contributed by atoms with Crippen LogP contribution in [0.4, 0.5) is 30.7 Å². The van der Waals surface area contributed by atoms with Gasteiger partial charge >= 0.3 is 18.4 Å². The van der Waals surface area contributed by atoms with Crippen LogP contribution in [0.1, 0.15) is 6.92 Å². The minimum absolute atomic E-state index is 0.410. The number of alkyl halides is 7. The van der Waals surface area contributed by atoms with Crippen LogP contribution in [-0.2, 0) is 0 Å². The summed E-state index contributed by atoms with van der Waals surface area (Å²) in [6.45, 7) is 0.410. The zero-order valence-corrected chi connectivity index (χ0v) is 6.04. The third kappa shape index (κ3) is 14.3. The fourth-order valence-corrected chi connectivity index (χ4v) is 0. The van der Waals surface area contributed by atoms with Crippen molar-refractivity contribution in [2.75, 3.05) is 0 Å². The van der Waals surface area contributed by atoms with Gasteiger partial charge in [0.2, 0.25) is 0 Å². The lowest BCUT2D eigenvalue weighted by atomic mass is 10.6. The fourth-order valence-electron chi connectivity index (χ4n) is 0. The Bertz CT molecular complexity index is 122. The lowest BCUT2D eigenvalue weighted by Gasteiger charge is -2.10. The Morgan fingerprint density at radius 2 is 0.846 bits per heavy atom. The number of hydrogen-bond acceptors (Lipinski definition) is 2. The fraction of sp³-hybridized carbons (Fsp3) is 1.00. The molecule has 9 heteroatoms. The zero-order chi connectivity index (χ0) is 11.5. The Labute approximate surface area is 67.6 Å². The molecule has 0 heterocycles. The SMILES string of the molecule is CC(O)(F)F.OC(F)(F)C(F)(F)F. The molecule has 2 N–H and O–H groups in total. The number of rotatable bonds is 0. The summed E-state index contributed by atoms with van der Waals surface area (Å²) in [6, 6.07) is 0. The molecule has 0 radical (unpaired) electrons. The van der Waals surface area contributed by atoms with Gasteiger partial charge in [-0.1, -0.05) is 0 Å². The second-order valence-electron chi connectivity index (χ2n) is 1.88. The molecule has 0 rings (SSSR count). The molecule has 0 aliphatic rings. The number of aliphatic hydroxyl groups is 2. The molecule has 0 spiro atoms. The van der Waals surface area contributed by atoms with E-state index in [1.165, 1.54) is 0 Å². The first-order chi connectivity index (χ1) is 5.25. The van der Waals surface area contributed by atoms with Crippen LogP contribution in [0.25, 0.3) is 0 Å². The Balaban J connectivity index is 0. The first-order valence-electron chi connectivity index (χ1n) is 2.52. The molecule has 2 nitrogen and oxygen atoms in total. The summed E-state index contributed by atoms with van der Waals surface area (Å²) in [5.74, 6) is 0. The molecule has 0 saturated heterocycles. The smallest absolute Gasteiger partial charge is 0.337 e. The molecule has 0 amide bonds. The predicted octanol–water partition coefficient (Wildman–Crippen LogP) is 1.73. The van der Waals surface area contributed by atoms with Crippen molar-refractivity contribution in [2.24, 2.45) is 0 Å². The first kappa shape index (κ1) is 14.9. The quantitative estimate of drug-likeness (QED) is 0.608. The Morgan fingerprint density at radius 1 is 0.769 bits per heavy atom. The van der Waals surface area contributed by atoms with Crippen LogP contribution in [0.15, 0.2) is 0 Å². The van der Waals surface area contributed by atoms with Crippen molar-refractivity contribution in [2.45, 2.75) is 25.3 Å². The van der Waals surface area contributed by atoms with E-state index in [0.717, 1.165) is 0 Å². The van der Waals surface area contributed by atoms with Crippen LogP contribution >= 0.6 is 0 Å². The second-order valence-corrected chi connectivity index (χ2v) is 1.88. The minimum Gasteiger partial charge on any atom is -0.337 e. The first-order valence-corrected chi connectivity index (χ1v) is 2.52. The van der Waals surface area contributed by atoms with Crippen LogP contribution in [-0.4, -0.2) is 28.6 Å². The highest BCUT2D eigenvalue weighted by Gasteiger charge is 2.56. The highest BCUT2D eigenvalue weighted by Crippen LogP contribution is 2.32. The van der Waals surface area contributed by atoms with Gasteiger partial charge in [-0.15, -0.1) is 0 Å². The normalized spacial score (nSPS) is 13.4. The van der Waals surface area contributed by atoms with Crippen molar-refractivity contribution in [3.63, 3.8) is 0 Å². The summed E-state index contributed by atoms with van der Waals surface area (Å²) in [6.07, 6.45) is -14.9. The van der Waals surface area contributed by atoms with Crippen LogP contribution in [0.5, 0.6) is 0 Å². The van der Waals surface area contributed by atoms with Crippen molar-refractivity contribution < 1.29 is 40.9 Å². The van der Waals surface area contributed by atoms with Crippen LogP contribution in [0.2, 0.25) is 0 Å². The Morgan fingerprint density at radius 3 is 0.846 bits per heavy atom. The highest BCUT2D eigenvalue weighted by atomic mass is 19.4. The van der Waals surface area contributed by atoms with E-state index in [0.29, 0.717) is 6.92 Å². The maximum absolute atomic E-state index is 10.7. The summed E-state index contributed by atoms with van der Waals surface area (Å²) in [5.41, 5.74) is 0. The average molecular weight is 218 g/mol. The van der Waals surface area contributed by atoms with Crippen molar-refractivity contribution in [1.82, 2.24) is 0 Å². The molecular formula is C4H5F7O2. The molecule has 0 aliphatic carbocycles. The summed E-state index contributed by atoms with van der Waals surface area (Å²) in [5, 5.41) is 14.1. The lowest BCUT2D eigenvalue weighted by Crippen LogP contribution is -2.35. The molecule has 0 bridgehead atoms. The van der Waals surface area contributed by atoms with E-state index in [1.54, 1.807) is 0 Å². The molecule has 13 heavy (non-hydrogen) atoms. The van der Waals surface area contributed by atoms with E-state index in [9.17, 15) is 30.7 Å². The van der Waals surface area contributed by atoms with Crippen molar-refractivity contribution in [3.8, 4) is 0 Å². The van der Waals surface area contributed by atoms with E-state index >= 15 is 0 Å². The molecule has 0 fully saturated rings. The van der Waals surface area contributed by atoms with E-state index < -0.39 is 18.4 Å². The van der Waals surface area contributed by atoms with Gasteiger partial charge in [-0.3, -0.25) is 0 Å². The molecule has 0 aromatic carbocycles. The molecule has 82 valence electrons. The molecule has 0 atom stereocenters. The van der Waals surface area contributed by atoms with Crippen molar-refractivity contribution >= 4 is 0 Å². The third-order valence-electron chi connectivity index (χ3n) is 0.341. The van der Waals surface area contributed by atoms with Gasteiger partial charge in [-0.05, 0) is 0 Å². The van der Waals surface area contributed by atoms with Gasteiger partial charge in [0.25, 0.3) is 0 Å². The predicted molar refractivity (Wildman–Crippen MR) is 26.1 cm³/mol. The van der Waals surface area contributed by atoms with Gasteiger partial charge in [-0.2, -0.15) is 30.7 Å². The Hall–Kier alpha value is -0.570. The van der Waals surface area contributed by atoms with Gasteiger partial charge in [0, 0.05) is 6.92 Å². The van der Waals surface area contributed by atoms with Gasteiger partial charge in [0.1, 0.15) is 0 Å². The zero-order valence-electron chi connectivity index (χ0n) is 6.04. The van der Waals surface area contributed by atoms with Crippen LogP contribution < -0.4 is 0 Å². The summed E-state index contributed by atoms with van der Waals surface area (Å²) < 4.78 is 74.2. The maximum Gasteiger partial charge on any atom is 0.482 e. The van der Waals surface area contributed by atoms with Gasteiger partial charge in [-0.25, -0.2) is 0 Å². The molecule has 0 unspecified atom stereocenters. The molecular weight excluding hydrogens is 213 g/mol. The van der Waals surface area contributed by atoms with E-state index in [-0.39, 0.29) is 0 Å². The van der Waals surface area contributed by atoms with Crippen LogP contribution in [0, 0.1) is 0 Å². The van der Waals surface area contributed by atoms with Crippen molar-refractivity contribution in [3.05, 3.63) is 0 Å². The van der Waals surface area contributed by atoms with E-state index in [4.69, 9.17) is 10.2 Å². The Kier molecular flexibility index (Phi) is 4.70. The second kappa shape index (κ2) is 4.09. The third-order valence-corrected chi connectivity index (χ3v) is 0.341. The number of hydrogen-bond donors (Lipinski definition) is 2. The molecule has 0 aliphatic heterocycles. The van der Waals surface area contributed by atoms with Gasteiger partial charge in [0.05, 0.1) is 0 Å². The molecule has 0 aromatic heterocycles. The van der Waals surface area contributed by atoms with E-state index in [2.05, 4.69) is 0 Å². The minimum atomic E-state index is -5.84. The largest absolute Gasteiger partial charge is 0.482 e. The number of halogens is 7. The lowest BCUT2D eigenvalue weighted by molar-refractivity contribution is -0.374. The van der Waals surface area contributed by atoms with Gasteiger partial charge < -0.3 is 10.2 Å². The molecule has 0 aromatic rings. The van der Waals surface area contributed by atoms with E-state index in [1.807, 2.05) is 0 Å². The van der Waals surface area contributed by atoms with Crippen LogP contribution in [0.3, 0.4) is 0 Å². The standard InChI is InChI=1S/C2HF5O.C2H4F2O/c3-1(4,5)2(6,7)8;1-2(3,4)5/h8H;5H,1H3. The highest BCUT2D eigenvalue weighted by molar-refractivity contribution is 4.59. The summed E-state index contributed by atoms with van der Waals surface area (Å²) >= 11 is 0. The van der Waals surface area contributed by atoms with Crippen molar-refractivity contribution in [1.29, 1.82) is 0 Å².